The number of urea groups is 1. The molecule has 2 amide bonds. The average molecular weight is 407 g/mol. The number of carbonyl (C=O) groups excluding carboxylic acids is 1. The number of hydrogen-bond acceptors (Lipinski definition) is 3. The second kappa shape index (κ2) is 8.26. The standard InChI is InChI=1S/C19H14ClF3N4O/c20-17-5-4-15(7-16(17)19(21,22)23)27-18(28)26-8-12-2-1-3-13(6-12)14-9-24-11-25-10-14/h1-7,9-11H,8H2,(H2,26,27,28). The minimum absolute atomic E-state index is 0.00981. The first-order chi connectivity index (χ1) is 13.3. The minimum Gasteiger partial charge on any atom is -0.334 e. The van der Waals surface area contributed by atoms with Crippen molar-refractivity contribution in [3.05, 3.63) is 77.3 Å². The summed E-state index contributed by atoms with van der Waals surface area (Å²) in [5.74, 6) is 0. The van der Waals surface area contributed by atoms with Gasteiger partial charge in [-0.1, -0.05) is 29.8 Å². The number of amides is 2. The first-order valence-electron chi connectivity index (χ1n) is 8.09. The summed E-state index contributed by atoms with van der Waals surface area (Å²) in [4.78, 5) is 20.0. The molecule has 0 aliphatic carbocycles. The van der Waals surface area contributed by atoms with Gasteiger partial charge in [-0.3, -0.25) is 0 Å². The molecule has 3 rings (SSSR count). The van der Waals surface area contributed by atoms with Gasteiger partial charge in [0.25, 0.3) is 0 Å². The third kappa shape index (κ3) is 4.98. The molecular formula is C19H14ClF3N4O. The summed E-state index contributed by atoms with van der Waals surface area (Å²) in [6.07, 6.45) is 0.170. The Morgan fingerprint density at radius 3 is 2.50 bits per heavy atom. The van der Waals surface area contributed by atoms with E-state index >= 15 is 0 Å². The molecule has 0 spiro atoms. The van der Waals surface area contributed by atoms with Gasteiger partial charge < -0.3 is 10.6 Å². The van der Waals surface area contributed by atoms with Crippen LogP contribution in [-0.4, -0.2) is 16.0 Å². The van der Waals surface area contributed by atoms with E-state index in [0.717, 1.165) is 28.8 Å². The van der Waals surface area contributed by atoms with E-state index < -0.39 is 22.8 Å². The summed E-state index contributed by atoms with van der Waals surface area (Å²) in [6.45, 7) is 0.188. The van der Waals surface area contributed by atoms with E-state index in [1.165, 1.54) is 12.4 Å². The maximum atomic E-state index is 12.9. The Hall–Kier alpha value is -3.13. The van der Waals surface area contributed by atoms with Gasteiger partial charge in [-0.25, -0.2) is 14.8 Å². The Balaban J connectivity index is 1.64. The quantitative estimate of drug-likeness (QED) is 0.630. The number of benzene rings is 2. The third-order valence-corrected chi connectivity index (χ3v) is 4.13. The first kappa shape index (κ1) is 19.6. The van der Waals surface area contributed by atoms with Crippen LogP contribution in [0.1, 0.15) is 11.1 Å². The van der Waals surface area contributed by atoms with Crippen LogP contribution >= 0.6 is 11.6 Å². The average Bonchev–Trinajstić information content (AvgIpc) is 2.68. The van der Waals surface area contributed by atoms with Crippen molar-refractivity contribution in [3.8, 4) is 11.1 Å². The Morgan fingerprint density at radius 2 is 1.79 bits per heavy atom. The lowest BCUT2D eigenvalue weighted by Gasteiger charge is -2.12. The highest BCUT2D eigenvalue weighted by atomic mass is 35.5. The van der Waals surface area contributed by atoms with Gasteiger partial charge in [0.05, 0.1) is 10.6 Å². The summed E-state index contributed by atoms with van der Waals surface area (Å²) in [5.41, 5.74) is 1.50. The number of aromatic nitrogens is 2. The van der Waals surface area contributed by atoms with Crippen LogP contribution in [0.25, 0.3) is 11.1 Å². The fraction of sp³-hybridized carbons (Fsp3) is 0.105. The van der Waals surface area contributed by atoms with Crippen LogP contribution < -0.4 is 10.6 Å². The number of anilines is 1. The smallest absolute Gasteiger partial charge is 0.334 e. The fourth-order valence-electron chi connectivity index (χ4n) is 2.49. The molecule has 1 aromatic heterocycles. The molecule has 1 heterocycles. The van der Waals surface area contributed by atoms with Gasteiger partial charge in [0.1, 0.15) is 6.33 Å². The van der Waals surface area contributed by atoms with E-state index in [-0.39, 0.29) is 12.2 Å². The van der Waals surface area contributed by atoms with Gasteiger partial charge in [0, 0.05) is 30.2 Å². The molecule has 0 atom stereocenters. The molecule has 0 saturated heterocycles. The Kier molecular flexibility index (Phi) is 5.79. The maximum Gasteiger partial charge on any atom is 0.417 e. The highest BCUT2D eigenvalue weighted by molar-refractivity contribution is 6.31. The first-order valence-corrected chi connectivity index (χ1v) is 8.46. The molecule has 28 heavy (non-hydrogen) atoms. The predicted octanol–water partition coefficient (Wildman–Crippen LogP) is 5.14. The van der Waals surface area contributed by atoms with E-state index in [1.54, 1.807) is 12.4 Å². The van der Waals surface area contributed by atoms with Gasteiger partial charge in [0.2, 0.25) is 0 Å². The zero-order chi connectivity index (χ0) is 20.1. The lowest BCUT2D eigenvalue weighted by molar-refractivity contribution is -0.137. The van der Waals surface area contributed by atoms with Gasteiger partial charge in [0.15, 0.2) is 0 Å². The second-order valence-electron chi connectivity index (χ2n) is 5.83. The van der Waals surface area contributed by atoms with Crippen LogP contribution in [0.5, 0.6) is 0 Å². The van der Waals surface area contributed by atoms with Crippen molar-refractivity contribution in [1.82, 2.24) is 15.3 Å². The van der Waals surface area contributed by atoms with E-state index in [4.69, 9.17) is 11.6 Å². The summed E-state index contributed by atoms with van der Waals surface area (Å²) in [5, 5.41) is 4.54. The molecule has 0 saturated carbocycles. The Labute approximate surface area is 163 Å². The molecule has 0 aliphatic heterocycles. The second-order valence-corrected chi connectivity index (χ2v) is 6.23. The van der Waals surface area contributed by atoms with Crippen LogP contribution in [0.3, 0.4) is 0 Å². The van der Waals surface area contributed by atoms with Gasteiger partial charge in [-0.05, 0) is 35.4 Å². The van der Waals surface area contributed by atoms with Gasteiger partial charge in [-0.2, -0.15) is 13.2 Å². The van der Waals surface area contributed by atoms with Crippen molar-refractivity contribution < 1.29 is 18.0 Å². The molecule has 0 radical (unpaired) electrons. The lowest BCUT2D eigenvalue weighted by atomic mass is 10.1. The molecule has 2 N–H and O–H groups in total. The van der Waals surface area contributed by atoms with E-state index in [0.29, 0.717) is 0 Å². The highest BCUT2D eigenvalue weighted by Gasteiger charge is 2.33. The summed E-state index contributed by atoms with van der Waals surface area (Å²) in [6, 6.07) is 9.93. The van der Waals surface area contributed by atoms with Crippen LogP contribution in [0.15, 0.2) is 61.2 Å². The molecule has 2 aromatic carbocycles. The van der Waals surface area contributed by atoms with E-state index in [2.05, 4.69) is 20.6 Å². The number of halogens is 4. The zero-order valence-electron chi connectivity index (χ0n) is 14.3. The Morgan fingerprint density at radius 1 is 1.04 bits per heavy atom. The highest BCUT2D eigenvalue weighted by Crippen LogP contribution is 2.36. The summed E-state index contributed by atoms with van der Waals surface area (Å²) >= 11 is 5.57. The lowest BCUT2D eigenvalue weighted by Crippen LogP contribution is -2.28. The zero-order valence-corrected chi connectivity index (χ0v) is 15.1. The Bertz CT molecular complexity index is 980. The van der Waals surface area contributed by atoms with Crippen molar-refractivity contribution in [2.45, 2.75) is 12.7 Å². The normalized spacial score (nSPS) is 11.1. The fourth-order valence-corrected chi connectivity index (χ4v) is 2.71. The maximum absolute atomic E-state index is 12.9. The van der Waals surface area contributed by atoms with Gasteiger partial charge >= 0.3 is 12.2 Å². The van der Waals surface area contributed by atoms with Crippen molar-refractivity contribution in [3.63, 3.8) is 0 Å². The van der Waals surface area contributed by atoms with Crippen molar-refractivity contribution in [2.24, 2.45) is 0 Å². The largest absolute Gasteiger partial charge is 0.417 e. The summed E-state index contributed by atoms with van der Waals surface area (Å²) < 4.78 is 38.7. The molecule has 9 heteroatoms. The molecule has 144 valence electrons. The molecule has 0 unspecified atom stereocenters. The van der Waals surface area contributed by atoms with Gasteiger partial charge in [-0.15, -0.1) is 0 Å². The molecule has 0 aliphatic rings. The van der Waals surface area contributed by atoms with Crippen LogP contribution in [0.2, 0.25) is 5.02 Å². The number of carbonyl (C=O) groups is 1. The molecule has 0 fully saturated rings. The topological polar surface area (TPSA) is 66.9 Å². The van der Waals surface area contributed by atoms with Crippen molar-refractivity contribution in [1.29, 1.82) is 0 Å². The van der Waals surface area contributed by atoms with Crippen LogP contribution in [0, 0.1) is 0 Å². The molecule has 5 nitrogen and oxygen atoms in total. The number of hydrogen-bond donors (Lipinski definition) is 2. The van der Waals surface area contributed by atoms with E-state index in [9.17, 15) is 18.0 Å². The summed E-state index contributed by atoms with van der Waals surface area (Å²) in [7, 11) is 0. The van der Waals surface area contributed by atoms with Crippen LogP contribution in [0.4, 0.5) is 23.7 Å². The third-order valence-electron chi connectivity index (χ3n) is 3.80. The number of nitrogens with zero attached hydrogens (tertiary/aromatic N) is 2. The minimum atomic E-state index is -4.60. The number of alkyl halides is 3. The monoisotopic (exact) mass is 406 g/mol. The number of rotatable bonds is 4. The molecular weight excluding hydrogens is 393 g/mol. The molecule has 3 aromatic rings. The SMILES string of the molecule is O=C(NCc1cccc(-c2cncnc2)c1)Nc1ccc(Cl)c(C(F)(F)F)c1. The van der Waals surface area contributed by atoms with Crippen LogP contribution in [-0.2, 0) is 12.7 Å². The molecule has 0 bridgehead atoms. The van der Waals surface area contributed by atoms with Crippen molar-refractivity contribution >= 4 is 23.3 Å². The predicted molar refractivity (Wildman–Crippen MR) is 99.8 cm³/mol. The number of nitrogens with one attached hydrogen (secondary N) is 2. The van der Waals surface area contributed by atoms with Crippen molar-refractivity contribution in [2.75, 3.05) is 5.32 Å². The van der Waals surface area contributed by atoms with E-state index in [1.807, 2.05) is 24.3 Å².